The minimum Gasteiger partial charge on any atom is -0.507 e. The van der Waals surface area contributed by atoms with Gasteiger partial charge >= 0.3 is 11.9 Å². The third kappa shape index (κ3) is 5.92. The van der Waals surface area contributed by atoms with Gasteiger partial charge in [0.1, 0.15) is 35.3 Å². The predicted octanol–water partition coefficient (Wildman–Crippen LogP) is 5.69. The Kier molecular flexibility index (Phi) is 9.04. The van der Waals surface area contributed by atoms with E-state index in [0.29, 0.717) is 41.5 Å². The fourth-order valence-corrected chi connectivity index (χ4v) is 5.37. The van der Waals surface area contributed by atoms with Crippen molar-refractivity contribution in [2.24, 2.45) is 0 Å². The van der Waals surface area contributed by atoms with Crippen LogP contribution >= 0.6 is 11.3 Å². The monoisotopic (exact) mass is 574 g/mol. The minimum absolute atomic E-state index is 0.112. The lowest BCUT2D eigenvalue weighted by atomic mass is 9.95. The number of aliphatic hydroxyl groups excluding tert-OH is 1. The number of thiazole rings is 1. The molecule has 9 nitrogen and oxygen atoms in total. The van der Waals surface area contributed by atoms with Crippen LogP contribution in [0.1, 0.15) is 45.0 Å². The van der Waals surface area contributed by atoms with Gasteiger partial charge in [0.25, 0.3) is 5.78 Å². The highest BCUT2D eigenvalue weighted by Crippen LogP contribution is 2.44. The molecule has 1 aliphatic heterocycles. The van der Waals surface area contributed by atoms with E-state index in [0.717, 1.165) is 16.9 Å². The second kappa shape index (κ2) is 12.6. The van der Waals surface area contributed by atoms with E-state index in [1.807, 2.05) is 6.92 Å². The number of rotatable bonds is 11. The van der Waals surface area contributed by atoms with Crippen molar-refractivity contribution in [3.63, 3.8) is 0 Å². The first kappa shape index (κ1) is 29.3. The topological polar surface area (TPSA) is 115 Å². The molecule has 1 saturated heterocycles. The van der Waals surface area contributed by atoms with Crippen LogP contribution in [-0.2, 0) is 14.3 Å². The van der Waals surface area contributed by atoms with Crippen molar-refractivity contribution in [1.29, 1.82) is 0 Å². The fourth-order valence-electron chi connectivity index (χ4n) is 4.38. The van der Waals surface area contributed by atoms with Crippen molar-refractivity contribution in [1.82, 2.24) is 4.98 Å². The Morgan fingerprint density at radius 2 is 1.76 bits per heavy atom. The molecule has 1 N–H and O–H groups in total. The maximum atomic E-state index is 13.5. The van der Waals surface area contributed by atoms with Gasteiger partial charge in [-0.15, -0.1) is 0 Å². The summed E-state index contributed by atoms with van der Waals surface area (Å²) in [6.07, 6.45) is 3.24. The molecule has 1 atom stereocenters. The SMILES string of the molecule is C=CCOc1ccc([C@@H]2C(=C(O)c3ccc(OCC=C)c(C)c3)C(=O)C(=O)N2c2nc(C)c(C(=O)OCC)s2)cc1. The summed E-state index contributed by atoms with van der Waals surface area (Å²) in [7, 11) is 0. The Hall–Kier alpha value is -4.70. The lowest BCUT2D eigenvalue weighted by Gasteiger charge is -2.23. The highest BCUT2D eigenvalue weighted by atomic mass is 32.1. The van der Waals surface area contributed by atoms with Crippen LogP contribution in [0.25, 0.3) is 5.76 Å². The molecule has 212 valence electrons. The van der Waals surface area contributed by atoms with Crippen molar-refractivity contribution >= 4 is 39.9 Å². The molecule has 0 aliphatic carbocycles. The van der Waals surface area contributed by atoms with E-state index in [1.165, 1.54) is 4.90 Å². The van der Waals surface area contributed by atoms with Crippen molar-refractivity contribution in [2.75, 3.05) is 24.7 Å². The number of aryl methyl sites for hydroxylation is 2. The van der Waals surface area contributed by atoms with Gasteiger partial charge in [-0.2, -0.15) is 0 Å². The molecule has 3 aromatic rings. The molecule has 0 spiro atoms. The highest BCUT2D eigenvalue weighted by Gasteiger charge is 2.48. The molecule has 0 bridgehead atoms. The normalized spacial score (nSPS) is 16.0. The number of amides is 1. The van der Waals surface area contributed by atoms with Crippen molar-refractivity contribution in [3.8, 4) is 11.5 Å². The van der Waals surface area contributed by atoms with Crippen LogP contribution in [0.5, 0.6) is 11.5 Å². The van der Waals surface area contributed by atoms with Gasteiger partial charge in [0.05, 0.1) is 23.9 Å². The number of hydrogen-bond donors (Lipinski definition) is 1. The number of nitrogens with zero attached hydrogens (tertiary/aromatic N) is 2. The molecule has 0 unspecified atom stereocenters. The molecule has 41 heavy (non-hydrogen) atoms. The van der Waals surface area contributed by atoms with Gasteiger partial charge in [0.15, 0.2) is 5.13 Å². The van der Waals surface area contributed by atoms with E-state index in [4.69, 9.17) is 14.2 Å². The van der Waals surface area contributed by atoms with Gasteiger partial charge < -0.3 is 19.3 Å². The van der Waals surface area contributed by atoms with Crippen LogP contribution in [0.4, 0.5) is 5.13 Å². The van der Waals surface area contributed by atoms with Gasteiger partial charge in [0.2, 0.25) is 0 Å². The van der Waals surface area contributed by atoms with Crippen LogP contribution in [0, 0.1) is 13.8 Å². The fraction of sp³-hybridized carbons (Fsp3) is 0.226. The number of aliphatic hydroxyl groups is 1. The molecule has 1 amide bonds. The number of benzene rings is 2. The van der Waals surface area contributed by atoms with E-state index in [-0.39, 0.29) is 27.9 Å². The summed E-state index contributed by atoms with van der Waals surface area (Å²) < 4.78 is 16.3. The molecule has 0 saturated carbocycles. The molecular formula is C31H30N2O7S. The van der Waals surface area contributed by atoms with E-state index in [9.17, 15) is 19.5 Å². The zero-order valence-corrected chi connectivity index (χ0v) is 23.8. The summed E-state index contributed by atoms with van der Waals surface area (Å²) in [6, 6.07) is 10.8. The quantitative estimate of drug-likeness (QED) is 0.102. The number of aromatic nitrogens is 1. The molecular weight excluding hydrogens is 544 g/mol. The Balaban J connectivity index is 1.86. The number of esters is 1. The number of hydrogen-bond acceptors (Lipinski definition) is 9. The first-order chi connectivity index (χ1) is 19.7. The van der Waals surface area contributed by atoms with Crippen LogP contribution in [0.2, 0.25) is 0 Å². The average molecular weight is 575 g/mol. The third-order valence-electron chi connectivity index (χ3n) is 6.27. The number of Topliss-reactive ketones (excluding diaryl/α,β-unsaturated/α-hetero) is 1. The van der Waals surface area contributed by atoms with Crippen molar-refractivity contribution in [2.45, 2.75) is 26.8 Å². The lowest BCUT2D eigenvalue weighted by Crippen LogP contribution is -2.29. The molecule has 10 heteroatoms. The lowest BCUT2D eigenvalue weighted by molar-refractivity contribution is -0.132. The molecule has 1 fully saturated rings. The molecule has 1 aromatic heterocycles. The Morgan fingerprint density at radius 1 is 1.07 bits per heavy atom. The van der Waals surface area contributed by atoms with Gasteiger partial charge in [0, 0.05) is 5.56 Å². The van der Waals surface area contributed by atoms with E-state index in [1.54, 1.807) is 68.5 Å². The Bertz CT molecular complexity index is 1540. The zero-order valence-electron chi connectivity index (χ0n) is 23.0. The highest BCUT2D eigenvalue weighted by molar-refractivity contribution is 7.17. The summed E-state index contributed by atoms with van der Waals surface area (Å²) in [5.41, 5.74) is 1.84. The molecule has 2 aromatic carbocycles. The molecule has 1 aliphatic rings. The van der Waals surface area contributed by atoms with Crippen molar-refractivity contribution in [3.05, 3.63) is 101 Å². The second-order valence-electron chi connectivity index (χ2n) is 9.05. The smallest absolute Gasteiger partial charge is 0.350 e. The van der Waals surface area contributed by atoms with Crippen LogP contribution in [0.3, 0.4) is 0 Å². The summed E-state index contributed by atoms with van der Waals surface area (Å²) >= 11 is 0.947. The number of anilines is 1. The van der Waals surface area contributed by atoms with Crippen molar-refractivity contribution < 1.29 is 33.7 Å². The van der Waals surface area contributed by atoms with E-state index >= 15 is 0 Å². The first-order valence-corrected chi connectivity index (χ1v) is 13.7. The largest absolute Gasteiger partial charge is 0.507 e. The molecule has 2 heterocycles. The number of ketones is 1. The van der Waals surface area contributed by atoms with Gasteiger partial charge in [-0.25, -0.2) is 9.78 Å². The van der Waals surface area contributed by atoms with Gasteiger partial charge in [-0.1, -0.05) is 48.8 Å². The van der Waals surface area contributed by atoms with Crippen LogP contribution < -0.4 is 14.4 Å². The van der Waals surface area contributed by atoms with Crippen LogP contribution in [-0.4, -0.2) is 47.6 Å². The summed E-state index contributed by atoms with van der Waals surface area (Å²) in [6.45, 7) is 13.2. The van der Waals surface area contributed by atoms with Gasteiger partial charge in [-0.3, -0.25) is 14.5 Å². The Labute approximate surface area is 242 Å². The average Bonchev–Trinajstić information content (AvgIpc) is 3.47. The maximum absolute atomic E-state index is 13.5. The third-order valence-corrected chi connectivity index (χ3v) is 7.40. The minimum atomic E-state index is -1.03. The molecule has 0 radical (unpaired) electrons. The Morgan fingerprint density at radius 3 is 2.39 bits per heavy atom. The summed E-state index contributed by atoms with van der Waals surface area (Å²) in [5.74, 6) is -1.52. The standard InChI is InChI=1S/C31H30N2O7S/c1-6-15-39-22-12-9-20(10-13-22)25-24(26(34)21-11-14-23(18(4)17-21)40-16-7-2)27(35)29(36)33(25)31-32-19(5)28(41-31)30(37)38-8-3/h6-7,9-14,17,25,34H,1-2,8,15-16H2,3-5H3/t25-/m1/s1. The first-order valence-electron chi connectivity index (χ1n) is 12.9. The van der Waals surface area contributed by atoms with E-state index < -0.39 is 23.7 Å². The predicted molar refractivity (Wildman–Crippen MR) is 157 cm³/mol. The number of carbonyl (C=O) groups excluding carboxylic acids is 3. The number of ether oxygens (including phenoxy) is 3. The van der Waals surface area contributed by atoms with Crippen LogP contribution in [0.15, 0.2) is 73.3 Å². The number of carbonyl (C=O) groups is 3. The van der Waals surface area contributed by atoms with Gasteiger partial charge in [-0.05, 0) is 62.2 Å². The zero-order chi connectivity index (χ0) is 29.7. The maximum Gasteiger partial charge on any atom is 0.350 e. The molecule has 4 rings (SSSR count). The second-order valence-corrected chi connectivity index (χ2v) is 10.0. The summed E-state index contributed by atoms with van der Waals surface area (Å²) in [4.78, 5) is 45.4. The van der Waals surface area contributed by atoms with E-state index in [2.05, 4.69) is 18.1 Å². The summed E-state index contributed by atoms with van der Waals surface area (Å²) in [5, 5.41) is 11.6.